The van der Waals surface area contributed by atoms with Gasteiger partial charge in [0.2, 0.25) is 0 Å². The van der Waals surface area contributed by atoms with E-state index >= 15 is 0 Å². The molecule has 0 spiro atoms. The minimum absolute atomic E-state index is 0.0707. The number of hydrogen-bond acceptors (Lipinski definition) is 1. The lowest BCUT2D eigenvalue weighted by atomic mass is 10.2. The van der Waals surface area contributed by atoms with Crippen LogP contribution in [0, 0.1) is 11.8 Å². The van der Waals surface area contributed by atoms with Gasteiger partial charge in [0, 0.05) is 22.0 Å². The molecule has 13 heavy (non-hydrogen) atoms. The Morgan fingerprint density at radius 3 is 2.31 bits per heavy atom. The van der Waals surface area contributed by atoms with Crippen LogP contribution in [0.5, 0.6) is 0 Å². The Kier molecular flexibility index (Phi) is 4.11. The van der Waals surface area contributed by atoms with Gasteiger partial charge >= 0.3 is 0 Å². The summed E-state index contributed by atoms with van der Waals surface area (Å²) >= 11 is 11.5. The number of aliphatic hydroxyl groups is 1. The molecule has 1 aromatic carbocycles. The molecule has 1 rings (SSSR count). The van der Waals surface area contributed by atoms with Crippen molar-refractivity contribution in [1.29, 1.82) is 0 Å². The molecule has 0 fully saturated rings. The molecule has 0 heterocycles. The minimum Gasteiger partial charge on any atom is -0.395 e. The maximum atomic E-state index is 8.50. The quantitative estimate of drug-likeness (QED) is 0.714. The van der Waals surface area contributed by atoms with Gasteiger partial charge in [0.1, 0.15) is 0 Å². The number of hydrogen-bond donors (Lipinski definition) is 1. The number of aliphatic hydroxyl groups excluding tert-OH is 1. The number of rotatable bonds is 1. The van der Waals surface area contributed by atoms with Crippen LogP contribution in [0.2, 0.25) is 10.0 Å². The zero-order valence-electron chi connectivity index (χ0n) is 6.85. The summed E-state index contributed by atoms with van der Waals surface area (Å²) in [6.45, 7) is 0.0707. The summed E-state index contributed by atoms with van der Waals surface area (Å²) in [5.41, 5.74) is 0.769. The molecule has 0 unspecified atom stereocenters. The van der Waals surface area contributed by atoms with Crippen molar-refractivity contribution < 1.29 is 5.11 Å². The average Bonchev–Trinajstić information content (AvgIpc) is 2.03. The van der Waals surface area contributed by atoms with E-state index in [-0.39, 0.29) is 6.61 Å². The molecule has 0 bridgehead atoms. The average molecular weight is 215 g/mol. The Morgan fingerprint density at radius 1 is 1.15 bits per heavy atom. The van der Waals surface area contributed by atoms with Gasteiger partial charge in [-0.25, -0.2) is 0 Å². The van der Waals surface area contributed by atoms with Crippen LogP contribution in [-0.4, -0.2) is 11.7 Å². The van der Waals surface area contributed by atoms with E-state index < -0.39 is 0 Å². The molecule has 0 atom stereocenters. The maximum Gasteiger partial charge on any atom is 0.0540 e. The molecule has 0 aliphatic heterocycles. The first-order chi connectivity index (χ1) is 6.22. The third-order valence-electron chi connectivity index (χ3n) is 1.33. The van der Waals surface area contributed by atoms with E-state index in [1.54, 1.807) is 18.2 Å². The Hall–Kier alpha value is -0.680. The third kappa shape index (κ3) is 3.69. The van der Waals surface area contributed by atoms with Crippen molar-refractivity contribution in [2.75, 3.05) is 6.61 Å². The normalized spacial score (nSPS) is 9.15. The summed E-state index contributed by atoms with van der Waals surface area (Å²) in [6, 6.07) is 5.12. The van der Waals surface area contributed by atoms with Crippen molar-refractivity contribution in [2.45, 2.75) is 6.42 Å². The molecular formula is C10H8Cl2O. The molecule has 3 heteroatoms. The molecule has 0 saturated carbocycles. The molecule has 1 aromatic rings. The van der Waals surface area contributed by atoms with Gasteiger partial charge in [-0.15, -0.1) is 0 Å². The van der Waals surface area contributed by atoms with Crippen molar-refractivity contribution in [3.63, 3.8) is 0 Å². The second-order valence-corrected chi connectivity index (χ2v) is 3.31. The molecule has 0 aliphatic rings. The number of halogens is 2. The summed E-state index contributed by atoms with van der Waals surface area (Å²) < 4.78 is 0. The Morgan fingerprint density at radius 2 is 1.77 bits per heavy atom. The van der Waals surface area contributed by atoms with Crippen molar-refractivity contribution in [2.24, 2.45) is 0 Å². The van der Waals surface area contributed by atoms with Gasteiger partial charge < -0.3 is 5.11 Å². The van der Waals surface area contributed by atoms with Gasteiger partial charge in [-0.3, -0.25) is 0 Å². The highest BCUT2D eigenvalue weighted by molar-refractivity contribution is 6.34. The molecule has 1 nitrogen and oxygen atoms in total. The third-order valence-corrected chi connectivity index (χ3v) is 1.77. The lowest BCUT2D eigenvalue weighted by molar-refractivity contribution is 0.305. The SMILES string of the molecule is OCCC#Cc1cc(Cl)cc(Cl)c1. The van der Waals surface area contributed by atoms with Crippen LogP contribution < -0.4 is 0 Å². The predicted octanol–water partition coefficient (Wildman–Crippen LogP) is 2.73. The smallest absolute Gasteiger partial charge is 0.0540 e. The van der Waals surface area contributed by atoms with Crippen molar-refractivity contribution in [3.05, 3.63) is 33.8 Å². The summed E-state index contributed by atoms with van der Waals surface area (Å²) in [4.78, 5) is 0. The Bertz CT molecular complexity index is 329. The van der Waals surface area contributed by atoms with Crippen molar-refractivity contribution in [1.82, 2.24) is 0 Å². The van der Waals surface area contributed by atoms with E-state index in [0.717, 1.165) is 5.56 Å². The molecule has 68 valence electrons. The first kappa shape index (κ1) is 10.4. The molecule has 0 amide bonds. The van der Waals surface area contributed by atoms with Gasteiger partial charge in [0.25, 0.3) is 0 Å². The van der Waals surface area contributed by atoms with Gasteiger partial charge in [0.05, 0.1) is 6.61 Å². The molecule has 0 aliphatic carbocycles. The summed E-state index contributed by atoms with van der Waals surface area (Å²) in [5, 5.41) is 9.64. The highest BCUT2D eigenvalue weighted by Gasteiger charge is 1.94. The largest absolute Gasteiger partial charge is 0.395 e. The second kappa shape index (κ2) is 5.14. The van der Waals surface area contributed by atoms with Crippen LogP contribution in [0.25, 0.3) is 0 Å². The fourth-order valence-corrected chi connectivity index (χ4v) is 1.37. The van der Waals surface area contributed by atoms with E-state index in [4.69, 9.17) is 28.3 Å². The minimum atomic E-state index is 0.0707. The van der Waals surface area contributed by atoms with Gasteiger partial charge in [-0.1, -0.05) is 35.0 Å². The lowest BCUT2D eigenvalue weighted by Crippen LogP contribution is -1.78. The molecule has 1 N–H and O–H groups in total. The summed E-state index contributed by atoms with van der Waals surface area (Å²) in [6.07, 6.45) is 0.462. The summed E-state index contributed by atoms with van der Waals surface area (Å²) in [5.74, 6) is 5.64. The molecule has 0 saturated heterocycles. The monoisotopic (exact) mass is 214 g/mol. The topological polar surface area (TPSA) is 20.2 Å². The van der Waals surface area contributed by atoms with E-state index in [0.29, 0.717) is 16.5 Å². The highest BCUT2D eigenvalue weighted by atomic mass is 35.5. The highest BCUT2D eigenvalue weighted by Crippen LogP contribution is 2.18. The van der Waals surface area contributed by atoms with E-state index in [9.17, 15) is 0 Å². The zero-order chi connectivity index (χ0) is 9.68. The molecule has 0 radical (unpaired) electrons. The van der Waals surface area contributed by atoms with Gasteiger partial charge in [-0.2, -0.15) is 0 Å². The van der Waals surface area contributed by atoms with Crippen LogP contribution >= 0.6 is 23.2 Å². The van der Waals surface area contributed by atoms with Crippen LogP contribution in [0.15, 0.2) is 18.2 Å². The van der Waals surface area contributed by atoms with Crippen LogP contribution in [0.3, 0.4) is 0 Å². The fraction of sp³-hybridized carbons (Fsp3) is 0.200. The standard InChI is InChI=1S/C10H8Cl2O/c11-9-5-8(3-1-2-4-13)6-10(12)7-9/h5-7,13H,2,4H2. The Labute approximate surface area is 87.3 Å². The maximum absolute atomic E-state index is 8.50. The van der Waals surface area contributed by atoms with Crippen LogP contribution in [-0.2, 0) is 0 Å². The fourth-order valence-electron chi connectivity index (χ4n) is 0.846. The molecular weight excluding hydrogens is 207 g/mol. The van der Waals surface area contributed by atoms with Crippen LogP contribution in [0.4, 0.5) is 0 Å². The van der Waals surface area contributed by atoms with Crippen molar-refractivity contribution in [3.8, 4) is 11.8 Å². The van der Waals surface area contributed by atoms with E-state index in [2.05, 4.69) is 11.8 Å². The second-order valence-electron chi connectivity index (χ2n) is 2.43. The predicted molar refractivity (Wildman–Crippen MR) is 55.0 cm³/mol. The van der Waals surface area contributed by atoms with Gasteiger partial charge in [0.15, 0.2) is 0 Å². The van der Waals surface area contributed by atoms with E-state index in [1.807, 2.05) is 0 Å². The number of benzene rings is 1. The van der Waals surface area contributed by atoms with Crippen molar-refractivity contribution >= 4 is 23.2 Å². The van der Waals surface area contributed by atoms with Gasteiger partial charge in [-0.05, 0) is 18.2 Å². The zero-order valence-corrected chi connectivity index (χ0v) is 8.36. The van der Waals surface area contributed by atoms with Crippen LogP contribution in [0.1, 0.15) is 12.0 Å². The molecule has 0 aromatic heterocycles. The first-order valence-electron chi connectivity index (χ1n) is 3.78. The first-order valence-corrected chi connectivity index (χ1v) is 4.54. The van der Waals surface area contributed by atoms with E-state index in [1.165, 1.54) is 0 Å². The Balaban J connectivity index is 2.85. The summed E-state index contributed by atoms with van der Waals surface area (Å²) in [7, 11) is 0. The lowest BCUT2D eigenvalue weighted by Gasteiger charge is -1.94.